The molecule has 2 rings (SSSR count). The lowest BCUT2D eigenvalue weighted by atomic mass is 9.89. The minimum absolute atomic E-state index is 0.116. The highest BCUT2D eigenvalue weighted by Crippen LogP contribution is 2.30. The van der Waals surface area contributed by atoms with Crippen molar-refractivity contribution in [2.75, 3.05) is 6.54 Å². The molecule has 2 atom stereocenters. The zero-order chi connectivity index (χ0) is 10.9. The van der Waals surface area contributed by atoms with Crippen molar-refractivity contribution in [1.29, 1.82) is 0 Å². The summed E-state index contributed by atoms with van der Waals surface area (Å²) in [6.07, 6.45) is 6.09. The molecule has 2 fully saturated rings. The van der Waals surface area contributed by atoms with Gasteiger partial charge in [0.1, 0.15) is 0 Å². The van der Waals surface area contributed by atoms with E-state index in [0.29, 0.717) is 12.5 Å². The standard InChI is InChI=1S/C10H18ClNO2S/c11-10-4-2-1-3-8(10)7-12-15(13,14)9-5-6-9/h8-10,12H,1-7H2. The number of rotatable bonds is 4. The van der Waals surface area contributed by atoms with Gasteiger partial charge in [-0.1, -0.05) is 12.8 Å². The molecule has 0 aromatic carbocycles. The topological polar surface area (TPSA) is 46.2 Å². The molecule has 0 saturated heterocycles. The normalized spacial score (nSPS) is 32.9. The van der Waals surface area contributed by atoms with Crippen LogP contribution in [0, 0.1) is 5.92 Å². The molecule has 1 N–H and O–H groups in total. The van der Waals surface area contributed by atoms with E-state index >= 15 is 0 Å². The van der Waals surface area contributed by atoms with E-state index in [-0.39, 0.29) is 10.6 Å². The molecule has 0 heterocycles. The number of sulfonamides is 1. The summed E-state index contributed by atoms with van der Waals surface area (Å²) in [6.45, 7) is 0.535. The number of hydrogen-bond donors (Lipinski definition) is 1. The lowest BCUT2D eigenvalue weighted by molar-refractivity contribution is 0.364. The Hall–Kier alpha value is 0.200. The van der Waals surface area contributed by atoms with Crippen LogP contribution >= 0.6 is 11.6 Å². The summed E-state index contributed by atoms with van der Waals surface area (Å²) in [6, 6.07) is 0. The third-order valence-electron chi connectivity index (χ3n) is 3.33. The first-order valence-electron chi connectivity index (χ1n) is 5.72. The van der Waals surface area contributed by atoms with Gasteiger partial charge < -0.3 is 0 Å². The third kappa shape index (κ3) is 3.08. The van der Waals surface area contributed by atoms with Crippen LogP contribution in [0.1, 0.15) is 38.5 Å². The Labute approximate surface area is 96.6 Å². The van der Waals surface area contributed by atoms with Crippen LogP contribution in [0.5, 0.6) is 0 Å². The number of halogens is 1. The van der Waals surface area contributed by atoms with Gasteiger partial charge in [-0.2, -0.15) is 0 Å². The summed E-state index contributed by atoms with van der Waals surface area (Å²) in [7, 11) is -3.02. The maximum atomic E-state index is 11.6. The Morgan fingerprint density at radius 1 is 1.13 bits per heavy atom. The molecular weight excluding hydrogens is 234 g/mol. The lowest BCUT2D eigenvalue weighted by Gasteiger charge is -2.26. The van der Waals surface area contributed by atoms with Gasteiger partial charge in [0.15, 0.2) is 0 Å². The summed E-state index contributed by atoms with van der Waals surface area (Å²) in [5, 5.41) is 0.0375. The molecule has 0 aliphatic heterocycles. The second kappa shape index (κ2) is 4.60. The van der Waals surface area contributed by atoms with Crippen LogP contribution in [-0.4, -0.2) is 25.6 Å². The fourth-order valence-electron chi connectivity index (χ4n) is 2.11. The van der Waals surface area contributed by atoms with E-state index in [2.05, 4.69) is 4.72 Å². The number of hydrogen-bond acceptors (Lipinski definition) is 2. The zero-order valence-electron chi connectivity index (χ0n) is 8.78. The summed E-state index contributed by atoms with van der Waals surface area (Å²) in [4.78, 5) is 0. The molecule has 2 aliphatic rings. The molecule has 0 aromatic heterocycles. The highest BCUT2D eigenvalue weighted by Gasteiger charge is 2.36. The van der Waals surface area contributed by atoms with Gasteiger partial charge in [-0.05, 0) is 31.6 Å². The van der Waals surface area contributed by atoms with Gasteiger partial charge in [-0.25, -0.2) is 13.1 Å². The average molecular weight is 252 g/mol. The van der Waals surface area contributed by atoms with Crippen molar-refractivity contribution >= 4 is 21.6 Å². The second-order valence-electron chi connectivity index (χ2n) is 4.65. The summed E-state index contributed by atoms with van der Waals surface area (Å²) < 4.78 is 25.9. The van der Waals surface area contributed by atoms with Gasteiger partial charge in [0.2, 0.25) is 10.0 Å². The van der Waals surface area contributed by atoms with Crippen molar-refractivity contribution in [1.82, 2.24) is 4.72 Å². The van der Waals surface area contributed by atoms with Crippen molar-refractivity contribution in [3.63, 3.8) is 0 Å². The van der Waals surface area contributed by atoms with E-state index in [0.717, 1.165) is 25.7 Å². The zero-order valence-corrected chi connectivity index (χ0v) is 10.4. The first kappa shape index (κ1) is 11.7. The monoisotopic (exact) mass is 251 g/mol. The lowest BCUT2D eigenvalue weighted by Crippen LogP contribution is -2.36. The smallest absolute Gasteiger partial charge is 0.214 e. The molecule has 2 saturated carbocycles. The molecule has 2 unspecified atom stereocenters. The molecule has 3 nitrogen and oxygen atoms in total. The maximum Gasteiger partial charge on any atom is 0.214 e. The molecule has 88 valence electrons. The Bertz CT molecular complexity index is 313. The van der Waals surface area contributed by atoms with Gasteiger partial charge in [0.05, 0.1) is 5.25 Å². The summed E-state index contributed by atoms with van der Waals surface area (Å²) in [5.41, 5.74) is 0. The van der Waals surface area contributed by atoms with Crippen LogP contribution in [0.3, 0.4) is 0 Å². The Morgan fingerprint density at radius 2 is 1.80 bits per heavy atom. The van der Waals surface area contributed by atoms with Crippen molar-refractivity contribution in [3.05, 3.63) is 0 Å². The molecule has 0 radical (unpaired) electrons. The molecule has 15 heavy (non-hydrogen) atoms. The van der Waals surface area contributed by atoms with E-state index in [4.69, 9.17) is 11.6 Å². The van der Waals surface area contributed by atoms with Crippen LogP contribution in [0.2, 0.25) is 0 Å². The molecule has 5 heteroatoms. The summed E-state index contributed by atoms with van der Waals surface area (Å²) >= 11 is 6.17. The Morgan fingerprint density at radius 3 is 2.40 bits per heavy atom. The van der Waals surface area contributed by atoms with Crippen LogP contribution in [-0.2, 0) is 10.0 Å². The highest BCUT2D eigenvalue weighted by molar-refractivity contribution is 7.90. The minimum Gasteiger partial charge on any atom is -0.215 e. The first-order chi connectivity index (χ1) is 7.09. The quantitative estimate of drug-likeness (QED) is 0.776. The van der Waals surface area contributed by atoms with Gasteiger partial charge >= 0.3 is 0 Å². The number of alkyl halides is 1. The molecule has 0 amide bonds. The molecule has 2 aliphatic carbocycles. The molecule has 0 spiro atoms. The van der Waals surface area contributed by atoms with Crippen LogP contribution in [0.15, 0.2) is 0 Å². The predicted molar refractivity (Wildman–Crippen MR) is 61.5 cm³/mol. The first-order valence-corrected chi connectivity index (χ1v) is 7.70. The van der Waals surface area contributed by atoms with E-state index in [9.17, 15) is 8.42 Å². The van der Waals surface area contributed by atoms with Gasteiger partial charge in [-0.3, -0.25) is 0 Å². The van der Waals surface area contributed by atoms with E-state index < -0.39 is 10.0 Å². The predicted octanol–water partition coefficient (Wildman–Crippen LogP) is 1.87. The fourth-order valence-corrected chi connectivity index (χ4v) is 3.92. The van der Waals surface area contributed by atoms with Crippen LogP contribution in [0.25, 0.3) is 0 Å². The maximum absolute atomic E-state index is 11.6. The van der Waals surface area contributed by atoms with Crippen LogP contribution in [0.4, 0.5) is 0 Å². The van der Waals surface area contributed by atoms with Crippen molar-refractivity contribution < 1.29 is 8.42 Å². The van der Waals surface area contributed by atoms with E-state index in [1.165, 1.54) is 12.8 Å². The van der Waals surface area contributed by atoms with Gasteiger partial charge in [-0.15, -0.1) is 11.6 Å². The molecule has 0 aromatic rings. The Balaban J connectivity index is 1.81. The average Bonchev–Trinajstić information content (AvgIpc) is 3.00. The van der Waals surface area contributed by atoms with Gasteiger partial charge in [0, 0.05) is 11.9 Å². The number of nitrogens with one attached hydrogen (secondary N) is 1. The van der Waals surface area contributed by atoms with E-state index in [1.54, 1.807) is 0 Å². The van der Waals surface area contributed by atoms with Crippen molar-refractivity contribution in [2.45, 2.75) is 49.2 Å². The van der Waals surface area contributed by atoms with Crippen molar-refractivity contribution in [3.8, 4) is 0 Å². The highest BCUT2D eigenvalue weighted by atomic mass is 35.5. The largest absolute Gasteiger partial charge is 0.215 e. The summed E-state index contributed by atoms with van der Waals surface area (Å²) in [5.74, 6) is 0.328. The third-order valence-corrected chi connectivity index (χ3v) is 5.82. The SMILES string of the molecule is O=S(=O)(NCC1CCCCC1Cl)C1CC1. The van der Waals surface area contributed by atoms with E-state index in [1.807, 2.05) is 0 Å². The minimum atomic E-state index is -3.02. The van der Waals surface area contributed by atoms with Gasteiger partial charge in [0.25, 0.3) is 0 Å². The Kier molecular flexibility index (Phi) is 3.58. The van der Waals surface area contributed by atoms with Crippen molar-refractivity contribution in [2.24, 2.45) is 5.92 Å². The molecular formula is C10H18ClNO2S. The molecule has 0 bridgehead atoms. The second-order valence-corrected chi connectivity index (χ2v) is 7.26. The van der Waals surface area contributed by atoms with Crippen LogP contribution < -0.4 is 4.72 Å². The fraction of sp³-hybridized carbons (Fsp3) is 1.00.